The van der Waals surface area contributed by atoms with Crippen molar-refractivity contribution in [1.82, 2.24) is 9.97 Å². The highest BCUT2D eigenvalue weighted by Crippen LogP contribution is 2.11. The fourth-order valence-electron chi connectivity index (χ4n) is 1.48. The molecule has 0 atom stereocenters. The van der Waals surface area contributed by atoms with Crippen LogP contribution >= 0.6 is 0 Å². The number of rotatable bonds is 4. The van der Waals surface area contributed by atoms with Crippen molar-refractivity contribution in [1.29, 1.82) is 5.26 Å². The van der Waals surface area contributed by atoms with Gasteiger partial charge in [-0.2, -0.15) is 5.26 Å². The van der Waals surface area contributed by atoms with Crippen molar-refractivity contribution in [3.8, 4) is 6.07 Å². The zero-order valence-electron chi connectivity index (χ0n) is 9.87. The molecule has 2 heterocycles. The van der Waals surface area contributed by atoms with Gasteiger partial charge < -0.3 is 10.4 Å². The number of nitriles is 1. The SMILES string of the molecule is N#Cc1cccnc1NCc1ccc(C(=O)O)nc1. The molecule has 0 bridgehead atoms. The zero-order chi connectivity index (χ0) is 13.7. The molecule has 0 radical (unpaired) electrons. The molecule has 2 rings (SSSR count). The van der Waals surface area contributed by atoms with Gasteiger partial charge in [0.2, 0.25) is 0 Å². The Bertz CT molecular complexity index is 632. The molecule has 0 spiro atoms. The summed E-state index contributed by atoms with van der Waals surface area (Å²) in [5, 5.41) is 20.6. The van der Waals surface area contributed by atoms with Gasteiger partial charge in [-0.1, -0.05) is 6.07 Å². The number of carbonyl (C=O) groups is 1. The Hall–Kier alpha value is -2.94. The highest BCUT2D eigenvalue weighted by atomic mass is 16.4. The first kappa shape index (κ1) is 12.5. The van der Waals surface area contributed by atoms with Crippen molar-refractivity contribution < 1.29 is 9.90 Å². The minimum Gasteiger partial charge on any atom is -0.477 e. The topological polar surface area (TPSA) is 98.9 Å². The van der Waals surface area contributed by atoms with Gasteiger partial charge in [0.05, 0.1) is 5.56 Å². The highest BCUT2D eigenvalue weighted by Gasteiger charge is 2.05. The minimum absolute atomic E-state index is 0.000648. The maximum absolute atomic E-state index is 10.7. The van der Waals surface area contributed by atoms with Crippen LogP contribution in [0.5, 0.6) is 0 Å². The molecular formula is C13H10N4O2. The molecular weight excluding hydrogens is 244 g/mol. The quantitative estimate of drug-likeness (QED) is 0.860. The summed E-state index contributed by atoms with van der Waals surface area (Å²) < 4.78 is 0. The average molecular weight is 254 g/mol. The van der Waals surface area contributed by atoms with Crippen LogP contribution in [0.15, 0.2) is 36.7 Å². The molecule has 0 amide bonds. The number of hydrogen-bond acceptors (Lipinski definition) is 5. The van der Waals surface area contributed by atoms with Crippen molar-refractivity contribution in [2.75, 3.05) is 5.32 Å². The van der Waals surface area contributed by atoms with E-state index in [4.69, 9.17) is 10.4 Å². The lowest BCUT2D eigenvalue weighted by Crippen LogP contribution is -2.05. The molecule has 19 heavy (non-hydrogen) atoms. The normalized spacial score (nSPS) is 9.63. The van der Waals surface area contributed by atoms with Gasteiger partial charge in [0.15, 0.2) is 0 Å². The van der Waals surface area contributed by atoms with Crippen molar-refractivity contribution in [3.05, 3.63) is 53.5 Å². The van der Waals surface area contributed by atoms with E-state index in [0.717, 1.165) is 5.56 Å². The van der Waals surface area contributed by atoms with Gasteiger partial charge in [0.25, 0.3) is 0 Å². The maximum Gasteiger partial charge on any atom is 0.354 e. The van der Waals surface area contributed by atoms with Gasteiger partial charge in [0, 0.05) is 18.9 Å². The van der Waals surface area contributed by atoms with E-state index in [1.165, 1.54) is 12.3 Å². The Morgan fingerprint density at radius 3 is 2.84 bits per heavy atom. The number of anilines is 1. The standard InChI is InChI=1S/C13H10N4O2/c14-6-10-2-1-5-15-12(10)17-8-9-3-4-11(13(18)19)16-7-9/h1-5,7H,8H2,(H,15,17)(H,18,19). The number of hydrogen-bond donors (Lipinski definition) is 2. The number of pyridine rings is 2. The summed E-state index contributed by atoms with van der Waals surface area (Å²) >= 11 is 0. The minimum atomic E-state index is -1.06. The second kappa shape index (κ2) is 5.60. The molecule has 0 aromatic carbocycles. The summed E-state index contributed by atoms with van der Waals surface area (Å²) in [4.78, 5) is 18.5. The van der Waals surface area contributed by atoms with E-state index in [1.807, 2.05) is 6.07 Å². The molecule has 0 aliphatic rings. The molecule has 6 nitrogen and oxygen atoms in total. The largest absolute Gasteiger partial charge is 0.477 e. The second-order valence-electron chi connectivity index (χ2n) is 3.72. The van der Waals surface area contributed by atoms with Crippen LogP contribution in [0, 0.1) is 11.3 Å². The summed E-state index contributed by atoms with van der Waals surface area (Å²) in [5.74, 6) is -0.566. The van der Waals surface area contributed by atoms with E-state index in [0.29, 0.717) is 17.9 Å². The van der Waals surface area contributed by atoms with Gasteiger partial charge in [-0.05, 0) is 23.8 Å². The van der Waals surface area contributed by atoms with Crippen LogP contribution in [-0.4, -0.2) is 21.0 Å². The van der Waals surface area contributed by atoms with Crippen molar-refractivity contribution >= 4 is 11.8 Å². The van der Waals surface area contributed by atoms with Crippen LogP contribution in [0.1, 0.15) is 21.6 Å². The predicted molar refractivity (Wildman–Crippen MR) is 67.5 cm³/mol. The fourth-order valence-corrected chi connectivity index (χ4v) is 1.48. The number of carboxylic acid groups (broad SMARTS) is 1. The first-order valence-electron chi connectivity index (χ1n) is 5.48. The molecule has 0 unspecified atom stereocenters. The van der Waals surface area contributed by atoms with E-state index in [2.05, 4.69) is 15.3 Å². The number of carboxylic acids is 1. The molecule has 0 saturated carbocycles. The van der Waals surface area contributed by atoms with Crippen LogP contribution in [0.3, 0.4) is 0 Å². The third kappa shape index (κ3) is 3.04. The van der Waals surface area contributed by atoms with Crippen molar-refractivity contribution in [2.45, 2.75) is 6.54 Å². The van der Waals surface area contributed by atoms with E-state index >= 15 is 0 Å². The summed E-state index contributed by atoms with van der Waals surface area (Å²) in [5.41, 5.74) is 1.26. The Morgan fingerprint density at radius 2 is 2.21 bits per heavy atom. The molecule has 2 aromatic heterocycles. The summed E-state index contributed by atoms with van der Waals surface area (Å²) in [6.45, 7) is 0.415. The maximum atomic E-state index is 10.7. The summed E-state index contributed by atoms with van der Waals surface area (Å²) in [7, 11) is 0. The van der Waals surface area contributed by atoms with Crippen molar-refractivity contribution in [3.63, 3.8) is 0 Å². The van der Waals surface area contributed by atoms with Crippen LogP contribution < -0.4 is 5.32 Å². The monoisotopic (exact) mass is 254 g/mol. The fraction of sp³-hybridized carbons (Fsp3) is 0.0769. The summed E-state index contributed by atoms with van der Waals surface area (Å²) in [6, 6.07) is 8.49. The van der Waals surface area contributed by atoms with E-state index in [-0.39, 0.29) is 5.69 Å². The van der Waals surface area contributed by atoms with Gasteiger partial charge in [-0.15, -0.1) is 0 Å². The molecule has 2 aromatic rings. The van der Waals surface area contributed by atoms with Crippen LogP contribution in [-0.2, 0) is 6.54 Å². The van der Waals surface area contributed by atoms with Crippen molar-refractivity contribution in [2.24, 2.45) is 0 Å². The molecule has 0 aliphatic carbocycles. The van der Waals surface area contributed by atoms with Gasteiger partial charge in [-0.25, -0.2) is 14.8 Å². The van der Waals surface area contributed by atoms with Gasteiger partial charge in [-0.3, -0.25) is 0 Å². The number of aromatic nitrogens is 2. The van der Waals surface area contributed by atoms with Crippen LogP contribution in [0.4, 0.5) is 5.82 Å². The van der Waals surface area contributed by atoms with E-state index in [9.17, 15) is 4.79 Å². The number of nitrogens with one attached hydrogen (secondary N) is 1. The van der Waals surface area contributed by atoms with Gasteiger partial charge in [0.1, 0.15) is 17.6 Å². The average Bonchev–Trinajstić information content (AvgIpc) is 2.45. The summed E-state index contributed by atoms with van der Waals surface area (Å²) in [6.07, 6.45) is 3.07. The third-order valence-corrected chi connectivity index (χ3v) is 2.43. The molecule has 2 N–H and O–H groups in total. The van der Waals surface area contributed by atoms with Crippen LogP contribution in [0.2, 0.25) is 0 Å². The molecule has 0 saturated heterocycles. The Morgan fingerprint density at radius 1 is 1.37 bits per heavy atom. The lowest BCUT2D eigenvalue weighted by Gasteiger charge is -2.06. The first-order chi connectivity index (χ1) is 9.20. The van der Waals surface area contributed by atoms with Crippen LogP contribution in [0.25, 0.3) is 0 Å². The Balaban J connectivity index is 2.06. The van der Waals surface area contributed by atoms with Gasteiger partial charge >= 0.3 is 5.97 Å². The lowest BCUT2D eigenvalue weighted by atomic mass is 10.2. The zero-order valence-corrected chi connectivity index (χ0v) is 9.87. The highest BCUT2D eigenvalue weighted by molar-refractivity contribution is 5.85. The molecule has 0 aliphatic heterocycles. The Labute approximate surface area is 109 Å². The second-order valence-corrected chi connectivity index (χ2v) is 3.72. The molecule has 6 heteroatoms. The smallest absolute Gasteiger partial charge is 0.354 e. The number of aromatic carboxylic acids is 1. The molecule has 0 fully saturated rings. The van der Waals surface area contributed by atoms with E-state index in [1.54, 1.807) is 24.4 Å². The third-order valence-electron chi connectivity index (χ3n) is 2.43. The lowest BCUT2D eigenvalue weighted by molar-refractivity contribution is 0.0690. The first-order valence-corrected chi connectivity index (χ1v) is 5.48. The number of nitrogens with zero attached hydrogens (tertiary/aromatic N) is 3. The van der Waals surface area contributed by atoms with E-state index < -0.39 is 5.97 Å². The predicted octanol–water partition coefficient (Wildman–Crippen LogP) is 1.66. The molecule has 94 valence electrons. The Kier molecular flexibility index (Phi) is 3.69.